The van der Waals surface area contributed by atoms with Gasteiger partial charge in [0, 0.05) is 73.8 Å². The van der Waals surface area contributed by atoms with Gasteiger partial charge >= 0.3 is 23.9 Å². The van der Waals surface area contributed by atoms with Crippen LogP contribution < -0.4 is 91.6 Å². The van der Waals surface area contributed by atoms with E-state index in [0.717, 1.165) is 9.80 Å². The summed E-state index contributed by atoms with van der Waals surface area (Å²) in [6.07, 6.45) is -3.38. The molecule has 0 radical (unpaired) electrons. The predicted molar refractivity (Wildman–Crippen MR) is 442 cm³/mol. The van der Waals surface area contributed by atoms with E-state index in [1.54, 1.807) is 13.8 Å². The molecule has 4 rings (SSSR count). The van der Waals surface area contributed by atoms with Crippen LogP contribution in [0.2, 0.25) is 0 Å². The molecular formula is C71H106N22O26S4. The molecule has 0 saturated carbocycles. The summed E-state index contributed by atoms with van der Waals surface area (Å²) in [4.78, 5) is 280. The third-order valence-corrected chi connectivity index (χ3v) is 20.7. The summed E-state index contributed by atoms with van der Waals surface area (Å²) in [6, 6.07) is -20.7. The molecule has 2 saturated heterocycles. The van der Waals surface area contributed by atoms with Crippen LogP contribution in [0.15, 0.2) is 36.8 Å². The highest BCUT2D eigenvalue weighted by Crippen LogP contribution is 2.24. The number of rotatable bonds is 53. The smallest absolute Gasteiger partial charge is 0.327 e. The number of H-pyrrole nitrogens is 1. The summed E-state index contributed by atoms with van der Waals surface area (Å²) in [6.45, 7) is 1.05. The number of hydrogen-bond donors (Lipinski definition) is 29. The van der Waals surface area contributed by atoms with Crippen LogP contribution in [0.3, 0.4) is 0 Å². The molecule has 2 aliphatic heterocycles. The number of primary amides is 1. The first-order chi connectivity index (χ1) is 58.1. The van der Waals surface area contributed by atoms with Crippen molar-refractivity contribution in [2.45, 2.75) is 194 Å². The van der Waals surface area contributed by atoms with E-state index in [2.05, 4.69) is 135 Å². The molecule has 2 aliphatic rings. The van der Waals surface area contributed by atoms with Gasteiger partial charge in [-0.1, -0.05) is 32.4 Å². The average Bonchev–Trinajstić information content (AvgIpc) is 1.73. The zero-order chi connectivity index (χ0) is 92.1. The number of phenols is 1. The van der Waals surface area contributed by atoms with Gasteiger partial charge in [-0.05, 0) is 68.6 Å². The molecule has 16 atom stereocenters. The number of amides is 16. The first kappa shape index (κ1) is 104. The van der Waals surface area contributed by atoms with Gasteiger partial charge in [-0.3, -0.25) is 96.5 Å². The minimum Gasteiger partial charge on any atom is -0.508 e. The monoisotopic (exact) mass is 1810 g/mol. The fourth-order valence-electron chi connectivity index (χ4n) is 12.6. The Morgan fingerprint density at radius 2 is 0.935 bits per heavy atom. The lowest BCUT2D eigenvalue weighted by atomic mass is 9.97. The number of aliphatic hydroxyl groups is 1. The summed E-state index contributed by atoms with van der Waals surface area (Å²) >= 11 is 16.2. The fraction of sp³-hybridized carbons (Fsp3) is 0.577. The number of phenolic OH excluding ortho intramolecular Hbond substituents is 1. The minimum absolute atomic E-state index is 0.0599. The molecule has 28 N–H and O–H groups in total. The number of nitrogens with zero attached hydrogens (tertiary/aromatic N) is 3. The highest BCUT2D eigenvalue weighted by atomic mass is 32.1. The average molecular weight is 1810 g/mol. The lowest BCUT2D eigenvalue weighted by Gasteiger charge is -2.31. The van der Waals surface area contributed by atoms with Gasteiger partial charge in [-0.2, -0.15) is 50.5 Å². The van der Waals surface area contributed by atoms with Crippen LogP contribution in [0.25, 0.3) is 0 Å². The van der Waals surface area contributed by atoms with Crippen molar-refractivity contribution in [3.8, 4) is 5.75 Å². The Morgan fingerprint density at radius 3 is 1.40 bits per heavy atom. The number of hydrogen-bond acceptors (Lipinski definition) is 29. The molecule has 2 fully saturated rings. The van der Waals surface area contributed by atoms with Crippen LogP contribution in [-0.2, 0) is 109 Å². The molecule has 16 amide bonds. The lowest BCUT2D eigenvalue weighted by molar-refractivity contribution is -0.146. The van der Waals surface area contributed by atoms with Crippen molar-refractivity contribution >= 4 is 175 Å². The largest absolute Gasteiger partial charge is 0.508 e. The molecular weight excluding hydrogens is 1710 g/mol. The van der Waals surface area contributed by atoms with E-state index in [1.165, 1.54) is 36.8 Å². The highest BCUT2D eigenvalue weighted by Gasteiger charge is 2.45. The number of benzene rings is 1. The lowest BCUT2D eigenvalue weighted by Crippen LogP contribution is -2.62. The van der Waals surface area contributed by atoms with Crippen molar-refractivity contribution in [3.63, 3.8) is 0 Å². The van der Waals surface area contributed by atoms with Gasteiger partial charge in [-0.25, -0.2) is 9.78 Å². The molecule has 1 aromatic heterocycles. The third-order valence-electron chi connectivity index (χ3n) is 19.3. The van der Waals surface area contributed by atoms with Gasteiger partial charge in [0.1, 0.15) is 96.4 Å². The molecule has 3 heterocycles. The van der Waals surface area contributed by atoms with Gasteiger partial charge in [0.25, 0.3) is 0 Å². The first-order valence-electron chi connectivity index (χ1n) is 38.4. The Kier molecular flexibility index (Phi) is 43.7. The van der Waals surface area contributed by atoms with Crippen molar-refractivity contribution < 1.29 is 127 Å². The number of likely N-dealkylation sites (tertiary alicyclic amines) is 2. The number of thiol groups is 4. The number of carbonyl (C=O) groups excluding carboxylic acids is 16. The predicted octanol–water partition coefficient (Wildman–Crippen LogP) is -10.1. The molecule has 52 heteroatoms. The number of nitrogens with two attached hydrogens (primary N) is 3. The van der Waals surface area contributed by atoms with E-state index in [0.29, 0.717) is 0 Å². The normalized spacial score (nSPS) is 16.9. The number of carboxylic acids is 4. The molecule has 0 spiro atoms. The van der Waals surface area contributed by atoms with Crippen LogP contribution in [0.5, 0.6) is 5.75 Å². The molecule has 0 bridgehead atoms. The van der Waals surface area contributed by atoms with Gasteiger partial charge in [0.2, 0.25) is 94.5 Å². The maximum Gasteiger partial charge on any atom is 0.327 e. The number of imidazole rings is 1. The second-order valence-electron chi connectivity index (χ2n) is 28.4. The van der Waals surface area contributed by atoms with Crippen LogP contribution in [0, 0.1) is 11.3 Å². The summed E-state index contributed by atoms with van der Waals surface area (Å²) in [5.41, 5.74) is 16.7. The molecule has 2 aromatic rings. The molecule has 0 aliphatic carbocycles. The van der Waals surface area contributed by atoms with Crippen molar-refractivity contribution in [1.82, 2.24) is 94.2 Å². The number of carboxylic acid groups (broad SMARTS) is 4. The molecule has 48 nitrogen and oxygen atoms in total. The molecule has 123 heavy (non-hydrogen) atoms. The zero-order valence-corrected chi connectivity index (χ0v) is 70.3. The minimum atomic E-state index is -2.15. The number of aliphatic hydroxyl groups excluding tert-OH is 1. The highest BCUT2D eigenvalue weighted by molar-refractivity contribution is 7.80. The Labute approximate surface area is 724 Å². The number of aromatic amines is 1. The van der Waals surface area contributed by atoms with E-state index in [4.69, 9.17) is 22.6 Å². The second kappa shape index (κ2) is 51.9. The maximum atomic E-state index is 14.9. The van der Waals surface area contributed by atoms with Crippen molar-refractivity contribution in [3.05, 3.63) is 48.0 Å². The summed E-state index contributed by atoms with van der Waals surface area (Å²) in [5, 5.41) is 100. The van der Waals surface area contributed by atoms with Crippen molar-refractivity contribution in [1.29, 1.82) is 5.41 Å². The van der Waals surface area contributed by atoms with Gasteiger partial charge in [0.05, 0.1) is 38.7 Å². The Hall–Kier alpha value is -11.8. The van der Waals surface area contributed by atoms with Gasteiger partial charge in [0.15, 0.2) is 5.96 Å². The van der Waals surface area contributed by atoms with E-state index < -0.39 is 291 Å². The van der Waals surface area contributed by atoms with E-state index in [-0.39, 0.29) is 93.1 Å². The van der Waals surface area contributed by atoms with Gasteiger partial charge < -0.3 is 137 Å². The Balaban J connectivity index is 1.60. The van der Waals surface area contributed by atoms with Crippen LogP contribution in [0.4, 0.5) is 0 Å². The molecule has 0 unspecified atom stereocenters. The topological polar surface area (TPSA) is 768 Å². The van der Waals surface area contributed by atoms with E-state index in [1.807, 2.05) is 0 Å². The number of carbonyl (C=O) groups is 20. The third kappa shape index (κ3) is 33.9. The number of aromatic hydroxyl groups is 1. The van der Waals surface area contributed by atoms with E-state index >= 15 is 0 Å². The van der Waals surface area contributed by atoms with E-state index in [9.17, 15) is 127 Å². The van der Waals surface area contributed by atoms with Gasteiger partial charge in [-0.15, -0.1) is 0 Å². The first-order valence-corrected chi connectivity index (χ1v) is 41.0. The maximum absolute atomic E-state index is 14.9. The Bertz CT molecular complexity index is 4120. The Morgan fingerprint density at radius 1 is 0.512 bits per heavy atom. The number of guanidine groups is 1. The number of aromatic nitrogens is 2. The second-order valence-corrected chi connectivity index (χ2v) is 29.9. The summed E-state index contributed by atoms with van der Waals surface area (Å²) in [5.74, 6) is -27.3. The van der Waals surface area contributed by atoms with Crippen LogP contribution in [0.1, 0.15) is 102 Å². The SMILES string of the molecule is CC[C@H](C)[C@H](NC(=O)[C@H](CCC(=O)O)NC(=O)[C@@H]1CCCN1C(=O)[C@H](Cc1cnc[nH]1)NC(=O)[C@H](CC(=O)O)NC(=O)[C@H](Cc1ccc(O)cc1)NC(=O)[C@H](CC(N)=O)NC(=O)[C@H](CS)NC(=O)[C@H](CCCNC(=N)N)NC(=O)[C@@H]1CCCN1C(=O)[C@H](CC(=O)O)NC(=O)[C@H](CO)NC(=O)[C@H](CS)NC(=O)[C@H](CS)NC(=O)CN)C(=O)N[C@@H](CS)C(=O)O. The molecule has 1 aromatic carbocycles. The fourth-order valence-corrected chi connectivity index (χ4v) is 13.6. The van der Waals surface area contributed by atoms with Crippen LogP contribution in [-0.4, -0.2) is 321 Å². The van der Waals surface area contributed by atoms with Crippen LogP contribution >= 0.6 is 50.5 Å². The number of aliphatic carboxylic acids is 4. The van der Waals surface area contributed by atoms with Crippen molar-refractivity contribution in [2.75, 3.05) is 55.8 Å². The number of nitrogens with one attached hydrogen (secondary N) is 16. The molecule has 680 valence electrons. The standard InChI is InChI=1S/C71H106N22O26S4/c1-3-32(2)55(67(115)90-47(30-123)70(118)119)91-57(105)37(14-15-52(98)99)81-66(114)49-9-5-17-92(49)68(116)41(20-34-25-76-31-78-34)85-60(108)40(22-53(100)101)84-58(106)38(19-33-10-12-35(95)13-11-33)82-59(107)39(21-50(73)96)83-63(111)45(28-121)88-56(104)36(7-4-16-77-71(74)75)80-65(113)48-8-6-18-93(48)69(117)42(23-54(102)103)86-61(109)43(26-94)87-64(112)46(29-122)89-62(110)44(27-120)79-51(97)24-72/h10-13,25,31-32,36-49,55,94-95,120-123H,3-9,14-24,26-30,72H2,1-2H3,(H2,73,96)(H,76,78)(H,79,97)(H,80,113)(H,81,114)(H,82,107)(H,83,111)(H,84,106)(H,85,108)(H,86,109)(H,87,112)(H,88,104)(H,89,110)(H,90,115)(H,91,105)(H,98,99)(H,100,101)(H,102,103)(H,118,119)(H4,74,75,77)/t32-,36-,37-,38-,39-,40-,41-,42-,43-,44-,45-,46-,47-,48-,49-,55-/m0/s1. The summed E-state index contributed by atoms with van der Waals surface area (Å²) < 4.78 is 0. The van der Waals surface area contributed by atoms with Crippen molar-refractivity contribution in [2.24, 2.45) is 23.1 Å². The quantitative estimate of drug-likeness (QED) is 0.0127. The summed E-state index contributed by atoms with van der Waals surface area (Å²) in [7, 11) is 0. The zero-order valence-electron chi connectivity index (χ0n) is 66.7.